The number of hydrogen-bond donors (Lipinski definition) is 2. The molecule has 0 saturated carbocycles. The minimum Gasteiger partial charge on any atom is -0.376 e. The third kappa shape index (κ3) is 3.91. The number of primary amides is 1. The standard InChI is InChI=1S/C14H20N4O3/c1-10(9-17-6-2-3-7-17)16-12-5-4-11(14(15)19)8-13(12)18(20)21/h4-5,8,10,16H,2-3,6-7,9H2,1H3,(H2,15,19). The molecule has 1 amide bonds. The summed E-state index contributed by atoms with van der Waals surface area (Å²) in [5.74, 6) is -0.672. The molecule has 1 aromatic rings. The van der Waals surface area contributed by atoms with Crippen molar-refractivity contribution in [2.45, 2.75) is 25.8 Å². The number of nitro benzene ring substituents is 1. The van der Waals surface area contributed by atoms with Crippen LogP contribution in [0.15, 0.2) is 18.2 Å². The fourth-order valence-electron chi connectivity index (χ4n) is 2.62. The molecule has 1 aliphatic rings. The zero-order chi connectivity index (χ0) is 15.4. The first-order valence-corrected chi connectivity index (χ1v) is 7.04. The van der Waals surface area contributed by atoms with Crippen LogP contribution in [0.4, 0.5) is 11.4 Å². The fourth-order valence-corrected chi connectivity index (χ4v) is 2.62. The van der Waals surface area contributed by atoms with Gasteiger partial charge in [-0.1, -0.05) is 0 Å². The second kappa shape index (κ2) is 6.53. The Hall–Kier alpha value is -2.15. The maximum atomic E-state index is 11.1. The van der Waals surface area contributed by atoms with Crippen LogP contribution in [0.3, 0.4) is 0 Å². The van der Waals surface area contributed by atoms with E-state index in [4.69, 9.17) is 5.73 Å². The quantitative estimate of drug-likeness (QED) is 0.612. The highest BCUT2D eigenvalue weighted by molar-refractivity contribution is 5.94. The largest absolute Gasteiger partial charge is 0.376 e. The van der Waals surface area contributed by atoms with E-state index in [-0.39, 0.29) is 17.3 Å². The Balaban J connectivity index is 2.10. The molecule has 0 aromatic heterocycles. The highest BCUT2D eigenvalue weighted by Crippen LogP contribution is 2.26. The molecule has 1 aliphatic heterocycles. The van der Waals surface area contributed by atoms with Crippen LogP contribution in [0.5, 0.6) is 0 Å². The summed E-state index contributed by atoms with van der Waals surface area (Å²) in [4.78, 5) is 24.1. The molecular formula is C14H20N4O3. The lowest BCUT2D eigenvalue weighted by Gasteiger charge is -2.22. The van der Waals surface area contributed by atoms with Crippen molar-refractivity contribution in [1.82, 2.24) is 4.90 Å². The monoisotopic (exact) mass is 292 g/mol. The lowest BCUT2D eigenvalue weighted by atomic mass is 10.1. The van der Waals surface area contributed by atoms with Crippen molar-refractivity contribution in [1.29, 1.82) is 0 Å². The summed E-state index contributed by atoms with van der Waals surface area (Å²) in [5, 5.41) is 14.3. The summed E-state index contributed by atoms with van der Waals surface area (Å²) in [6.07, 6.45) is 2.42. The van der Waals surface area contributed by atoms with Crippen LogP contribution in [0.25, 0.3) is 0 Å². The van der Waals surface area contributed by atoms with Crippen molar-refractivity contribution in [3.63, 3.8) is 0 Å². The molecule has 1 atom stereocenters. The summed E-state index contributed by atoms with van der Waals surface area (Å²) < 4.78 is 0. The molecule has 21 heavy (non-hydrogen) atoms. The van der Waals surface area contributed by atoms with Gasteiger partial charge in [0, 0.05) is 24.2 Å². The number of hydrogen-bond acceptors (Lipinski definition) is 5. The van der Waals surface area contributed by atoms with Gasteiger partial charge in [0.25, 0.3) is 5.69 Å². The van der Waals surface area contributed by atoms with Gasteiger partial charge in [-0.15, -0.1) is 0 Å². The highest BCUT2D eigenvalue weighted by atomic mass is 16.6. The minimum absolute atomic E-state index is 0.0845. The Bertz CT molecular complexity index is 541. The van der Waals surface area contributed by atoms with Crippen LogP contribution in [-0.4, -0.2) is 41.4 Å². The molecule has 0 radical (unpaired) electrons. The average molecular weight is 292 g/mol. The first-order chi connectivity index (χ1) is 9.97. The number of likely N-dealkylation sites (tertiary alicyclic amines) is 1. The van der Waals surface area contributed by atoms with Crippen molar-refractivity contribution >= 4 is 17.3 Å². The van der Waals surface area contributed by atoms with Gasteiger partial charge in [0.15, 0.2) is 0 Å². The molecule has 114 valence electrons. The van der Waals surface area contributed by atoms with Gasteiger partial charge < -0.3 is 16.0 Å². The second-order valence-corrected chi connectivity index (χ2v) is 5.41. The number of anilines is 1. The zero-order valence-corrected chi connectivity index (χ0v) is 12.0. The van der Waals surface area contributed by atoms with Gasteiger partial charge in [-0.25, -0.2) is 0 Å². The average Bonchev–Trinajstić information content (AvgIpc) is 2.91. The smallest absolute Gasteiger partial charge is 0.293 e. The normalized spacial score (nSPS) is 16.6. The van der Waals surface area contributed by atoms with E-state index >= 15 is 0 Å². The SMILES string of the molecule is CC(CN1CCCC1)Nc1ccc(C(N)=O)cc1[N+](=O)[O-]. The van der Waals surface area contributed by atoms with E-state index in [1.165, 1.54) is 25.0 Å². The van der Waals surface area contributed by atoms with Crippen LogP contribution in [0.1, 0.15) is 30.1 Å². The predicted octanol–water partition coefficient (Wildman–Crippen LogP) is 1.59. The van der Waals surface area contributed by atoms with Gasteiger partial charge in [0.2, 0.25) is 5.91 Å². The number of benzene rings is 1. The van der Waals surface area contributed by atoms with E-state index in [1.54, 1.807) is 6.07 Å². The van der Waals surface area contributed by atoms with Gasteiger partial charge in [-0.3, -0.25) is 14.9 Å². The van der Waals surface area contributed by atoms with Crippen LogP contribution >= 0.6 is 0 Å². The van der Waals surface area contributed by atoms with Gasteiger partial charge in [0.05, 0.1) is 4.92 Å². The summed E-state index contributed by atoms with van der Waals surface area (Å²) in [6.45, 7) is 4.99. The zero-order valence-electron chi connectivity index (χ0n) is 12.0. The van der Waals surface area contributed by atoms with Gasteiger partial charge >= 0.3 is 0 Å². The first-order valence-electron chi connectivity index (χ1n) is 7.04. The highest BCUT2D eigenvalue weighted by Gasteiger charge is 2.20. The molecular weight excluding hydrogens is 272 g/mol. The van der Waals surface area contributed by atoms with Crippen LogP contribution < -0.4 is 11.1 Å². The molecule has 7 nitrogen and oxygen atoms in total. The molecule has 1 saturated heterocycles. The molecule has 1 unspecified atom stereocenters. The Morgan fingerprint density at radius 2 is 2.14 bits per heavy atom. The molecule has 0 aliphatic carbocycles. The van der Waals surface area contributed by atoms with E-state index in [2.05, 4.69) is 10.2 Å². The summed E-state index contributed by atoms with van der Waals surface area (Å²) in [6, 6.07) is 4.34. The van der Waals surface area contributed by atoms with E-state index in [9.17, 15) is 14.9 Å². The first kappa shape index (κ1) is 15.2. The number of nitrogens with one attached hydrogen (secondary N) is 1. The van der Waals surface area contributed by atoms with Crippen LogP contribution in [0, 0.1) is 10.1 Å². The lowest BCUT2D eigenvalue weighted by Crippen LogP contribution is -2.33. The van der Waals surface area contributed by atoms with Crippen molar-refractivity contribution in [3.05, 3.63) is 33.9 Å². The maximum Gasteiger partial charge on any atom is 0.293 e. The molecule has 7 heteroatoms. The second-order valence-electron chi connectivity index (χ2n) is 5.41. The van der Waals surface area contributed by atoms with Crippen molar-refractivity contribution in [2.75, 3.05) is 25.0 Å². The Morgan fingerprint density at radius 3 is 2.71 bits per heavy atom. The van der Waals surface area contributed by atoms with Crippen LogP contribution in [-0.2, 0) is 0 Å². The molecule has 1 heterocycles. The van der Waals surface area contributed by atoms with Crippen LogP contribution in [0.2, 0.25) is 0 Å². The van der Waals surface area contributed by atoms with Gasteiger partial charge in [0.1, 0.15) is 5.69 Å². The third-order valence-corrected chi connectivity index (χ3v) is 3.61. The fraction of sp³-hybridized carbons (Fsp3) is 0.500. The Labute approximate surface area is 123 Å². The molecule has 3 N–H and O–H groups in total. The molecule has 2 rings (SSSR count). The summed E-state index contributed by atoms with van der Waals surface area (Å²) in [7, 11) is 0. The molecule has 0 bridgehead atoms. The number of nitrogens with two attached hydrogens (primary N) is 1. The van der Waals surface area contributed by atoms with Crippen molar-refractivity contribution < 1.29 is 9.72 Å². The molecule has 1 aromatic carbocycles. The van der Waals surface area contributed by atoms with E-state index in [1.807, 2.05) is 6.92 Å². The molecule has 1 fully saturated rings. The third-order valence-electron chi connectivity index (χ3n) is 3.61. The predicted molar refractivity (Wildman–Crippen MR) is 80.4 cm³/mol. The van der Waals surface area contributed by atoms with Gasteiger partial charge in [-0.2, -0.15) is 0 Å². The number of nitro groups is 1. The summed E-state index contributed by atoms with van der Waals surface area (Å²) >= 11 is 0. The van der Waals surface area contributed by atoms with E-state index in [0.29, 0.717) is 5.69 Å². The number of nitrogens with zero attached hydrogens (tertiary/aromatic N) is 2. The minimum atomic E-state index is -0.672. The molecule has 0 spiro atoms. The maximum absolute atomic E-state index is 11.1. The topological polar surface area (TPSA) is 102 Å². The number of rotatable bonds is 6. The van der Waals surface area contributed by atoms with E-state index in [0.717, 1.165) is 19.6 Å². The number of carbonyl (C=O) groups excluding carboxylic acids is 1. The van der Waals surface area contributed by atoms with Gasteiger partial charge in [-0.05, 0) is 45.0 Å². The Morgan fingerprint density at radius 1 is 1.48 bits per heavy atom. The Kier molecular flexibility index (Phi) is 4.74. The number of carbonyl (C=O) groups is 1. The lowest BCUT2D eigenvalue weighted by molar-refractivity contribution is -0.384. The summed E-state index contributed by atoms with van der Waals surface area (Å²) in [5.41, 5.74) is 5.58. The van der Waals surface area contributed by atoms with Crippen molar-refractivity contribution in [2.24, 2.45) is 5.73 Å². The number of amides is 1. The van der Waals surface area contributed by atoms with E-state index < -0.39 is 10.8 Å². The van der Waals surface area contributed by atoms with Crippen molar-refractivity contribution in [3.8, 4) is 0 Å².